The van der Waals surface area contributed by atoms with E-state index in [2.05, 4.69) is 15.9 Å². The van der Waals surface area contributed by atoms with Crippen LogP contribution >= 0.6 is 27.7 Å². The highest BCUT2D eigenvalue weighted by Crippen LogP contribution is 2.34. The van der Waals surface area contributed by atoms with Gasteiger partial charge in [0, 0.05) is 29.8 Å². The van der Waals surface area contributed by atoms with Crippen molar-refractivity contribution in [1.82, 2.24) is 0 Å². The van der Waals surface area contributed by atoms with E-state index in [1.807, 2.05) is 0 Å². The number of likely N-dealkylation sites (tertiary alicyclic amines) is 1. The molecule has 2 amide bonds. The van der Waals surface area contributed by atoms with Gasteiger partial charge in [-0.3, -0.25) is 9.59 Å². The molecular weight excluding hydrogens is 434 g/mol. The molecule has 0 aliphatic carbocycles. The molecule has 1 saturated heterocycles. The summed E-state index contributed by atoms with van der Waals surface area (Å²) >= 11 is 4.10. The second-order valence-corrected chi connectivity index (χ2v) is 9.13. The first-order valence-electron chi connectivity index (χ1n) is 8.74. The maximum atomic E-state index is 13.2. The zero-order chi connectivity index (χ0) is 20.4. The van der Waals surface area contributed by atoms with Crippen molar-refractivity contribution < 1.29 is 28.8 Å². The van der Waals surface area contributed by atoms with Crippen molar-refractivity contribution in [2.45, 2.75) is 44.9 Å². The number of hydrogen-bond donors (Lipinski definition) is 1. The van der Waals surface area contributed by atoms with E-state index in [-0.39, 0.29) is 23.5 Å². The molecule has 0 saturated carbocycles. The van der Waals surface area contributed by atoms with Crippen LogP contribution in [0, 0.1) is 5.92 Å². The Morgan fingerprint density at radius 3 is 2.26 bits per heavy atom. The number of nitrogens with zero attached hydrogens (tertiary/aromatic N) is 1. The van der Waals surface area contributed by atoms with Gasteiger partial charge in [-0.25, -0.2) is 4.79 Å². The Morgan fingerprint density at radius 1 is 1.22 bits per heavy atom. The van der Waals surface area contributed by atoms with Gasteiger partial charge in [-0.15, -0.1) is 0 Å². The molecule has 146 valence electrons. The molecule has 0 radical (unpaired) electrons. The number of quaternary nitrogens is 1. The average Bonchev–Trinajstić information content (AvgIpc) is 3.01. The van der Waals surface area contributed by atoms with E-state index in [9.17, 15) is 24.3 Å². The molecule has 1 fully saturated rings. The van der Waals surface area contributed by atoms with E-state index in [0.717, 1.165) is 16.2 Å². The maximum absolute atomic E-state index is 13.2. The van der Waals surface area contributed by atoms with Gasteiger partial charge in [-0.1, -0.05) is 39.8 Å². The van der Waals surface area contributed by atoms with E-state index in [1.165, 1.54) is 6.92 Å². The van der Waals surface area contributed by atoms with Gasteiger partial charge < -0.3 is 5.11 Å². The van der Waals surface area contributed by atoms with Crippen molar-refractivity contribution in [3.8, 4) is 0 Å². The lowest BCUT2D eigenvalue weighted by Crippen LogP contribution is -2.61. The lowest BCUT2D eigenvalue weighted by Gasteiger charge is -2.33. The number of hydrogen-bond acceptors (Lipinski definition) is 5. The topological polar surface area (TPSA) is 88.5 Å². The zero-order valence-electron chi connectivity index (χ0n) is 15.5. The maximum Gasteiger partial charge on any atom is 0.521 e. The number of ketones is 1. The van der Waals surface area contributed by atoms with Crippen molar-refractivity contribution in [3.05, 3.63) is 34.3 Å². The largest absolute Gasteiger partial charge is 0.521 e. The highest BCUT2D eigenvalue weighted by atomic mass is 79.9. The van der Waals surface area contributed by atoms with Crippen LogP contribution in [0.1, 0.15) is 44.0 Å². The third kappa shape index (κ3) is 4.33. The van der Waals surface area contributed by atoms with Crippen LogP contribution in [0.4, 0.5) is 4.79 Å². The van der Waals surface area contributed by atoms with Crippen molar-refractivity contribution in [2.24, 2.45) is 5.92 Å². The monoisotopic (exact) mass is 456 g/mol. The average molecular weight is 457 g/mol. The number of Topliss-reactive ketones (excluding diaryl/α,β-unsaturated/α-hetero) is 1. The van der Waals surface area contributed by atoms with Crippen LogP contribution in [0.15, 0.2) is 28.7 Å². The van der Waals surface area contributed by atoms with Gasteiger partial charge in [-0.05, 0) is 26.0 Å². The molecular formula is C19H23BrNO5S+. The van der Waals surface area contributed by atoms with Gasteiger partial charge in [0.05, 0.1) is 17.7 Å². The molecule has 8 heteroatoms. The smallest absolute Gasteiger partial charge is 0.435 e. The van der Waals surface area contributed by atoms with Crippen LogP contribution < -0.4 is 0 Å². The molecule has 0 aromatic heterocycles. The summed E-state index contributed by atoms with van der Waals surface area (Å²) in [7, 11) is 0. The Bertz CT molecular complexity index is 766. The number of benzene rings is 1. The molecule has 0 spiro atoms. The third-order valence-electron chi connectivity index (χ3n) is 5.14. The molecule has 2 rings (SSSR count). The quantitative estimate of drug-likeness (QED) is 0.529. The first-order chi connectivity index (χ1) is 12.6. The Balaban J connectivity index is 2.39. The number of imide groups is 1. The van der Waals surface area contributed by atoms with Gasteiger partial charge >= 0.3 is 12.0 Å². The SMILES string of the molecule is CC(=O)S[C@H](C(=O)c1ccc(Br)cc1)C(C)C(=O)[N@+]1(C(=O)O)CCCC1C. The number of carbonyl (C=O) groups excluding carboxylic acids is 3. The molecule has 2 unspecified atom stereocenters. The van der Waals surface area contributed by atoms with Crippen molar-refractivity contribution in [3.63, 3.8) is 0 Å². The summed E-state index contributed by atoms with van der Waals surface area (Å²) in [6.45, 7) is 4.84. The van der Waals surface area contributed by atoms with Crippen LogP contribution in [0.2, 0.25) is 0 Å². The van der Waals surface area contributed by atoms with Crippen LogP contribution in [-0.2, 0) is 9.59 Å². The number of rotatable bonds is 5. The zero-order valence-corrected chi connectivity index (χ0v) is 17.9. The van der Waals surface area contributed by atoms with Crippen molar-refractivity contribution >= 4 is 50.6 Å². The highest BCUT2D eigenvalue weighted by Gasteiger charge is 2.56. The number of carboxylic acid groups (broad SMARTS) is 1. The summed E-state index contributed by atoms with van der Waals surface area (Å²) in [4.78, 5) is 50.0. The van der Waals surface area contributed by atoms with Gasteiger partial charge in [-0.2, -0.15) is 9.28 Å². The molecule has 0 bridgehead atoms. The van der Waals surface area contributed by atoms with Gasteiger partial charge in [0.2, 0.25) is 0 Å². The summed E-state index contributed by atoms with van der Waals surface area (Å²) in [5.41, 5.74) is 0.382. The first kappa shape index (κ1) is 21.8. The molecule has 1 heterocycles. The van der Waals surface area contributed by atoms with E-state index in [4.69, 9.17) is 0 Å². The number of carbonyl (C=O) groups is 4. The van der Waals surface area contributed by atoms with Crippen LogP contribution in [0.5, 0.6) is 0 Å². The summed E-state index contributed by atoms with van der Waals surface area (Å²) in [6.07, 6.45) is 0.0760. The summed E-state index contributed by atoms with van der Waals surface area (Å²) in [5, 5.41) is 8.54. The Kier molecular flexibility index (Phi) is 6.99. The minimum atomic E-state index is -1.19. The fourth-order valence-electron chi connectivity index (χ4n) is 3.62. The Labute approximate surface area is 171 Å². The molecule has 1 N–H and O–H groups in total. The number of amides is 2. The summed E-state index contributed by atoms with van der Waals surface area (Å²) in [6, 6.07) is 6.31. The summed E-state index contributed by atoms with van der Waals surface area (Å²) < 4.78 is 0.129. The number of thioether (sulfide) groups is 1. The van der Waals surface area contributed by atoms with Crippen LogP contribution in [0.3, 0.4) is 0 Å². The van der Waals surface area contributed by atoms with Crippen molar-refractivity contribution in [1.29, 1.82) is 0 Å². The third-order valence-corrected chi connectivity index (χ3v) is 6.88. The van der Waals surface area contributed by atoms with E-state index < -0.39 is 27.7 Å². The van der Waals surface area contributed by atoms with Gasteiger partial charge in [0.15, 0.2) is 10.9 Å². The normalized spacial score (nSPS) is 24.2. The van der Waals surface area contributed by atoms with Crippen LogP contribution in [0.25, 0.3) is 0 Å². The Morgan fingerprint density at radius 2 is 1.81 bits per heavy atom. The van der Waals surface area contributed by atoms with E-state index in [1.54, 1.807) is 38.1 Å². The standard InChI is InChI=1S/C19H22BrNO5S/c1-11-5-4-10-21(11,19(25)26)18(24)12(2)17(27-13(3)22)16(23)14-6-8-15(20)9-7-14/h6-9,11-12,17H,4-5,10H2,1-3H3/p+1/t11?,12?,17-,21-/m0/s1. The second-order valence-electron chi connectivity index (χ2n) is 6.89. The predicted molar refractivity (Wildman–Crippen MR) is 107 cm³/mol. The minimum absolute atomic E-state index is 0.212. The lowest BCUT2D eigenvalue weighted by atomic mass is 9.96. The van der Waals surface area contributed by atoms with E-state index in [0.29, 0.717) is 18.4 Å². The molecule has 6 nitrogen and oxygen atoms in total. The van der Waals surface area contributed by atoms with E-state index >= 15 is 0 Å². The van der Waals surface area contributed by atoms with Crippen LogP contribution in [-0.4, -0.2) is 50.3 Å². The van der Waals surface area contributed by atoms with Crippen molar-refractivity contribution in [2.75, 3.05) is 6.54 Å². The minimum Gasteiger partial charge on any atom is -0.435 e. The molecule has 1 aliphatic heterocycles. The number of halogens is 1. The second kappa shape index (κ2) is 8.67. The predicted octanol–water partition coefficient (Wildman–Crippen LogP) is 4.12. The highest BCUT2D eigenvalue weighted by molar-refractivity contribution is 9.10. The fourth-order valence-corrected chi connectivity index (χ4v) is 4.80. The molecule has 1 aliphatic rings. The molecule has 1 aromatic carbocycles. The fraction of sp³-hybridized carbons (Fsp3) is 0.474. The lowest BCUT2D eigenvalue weighted by molar-refractivity contribution is -0.794. The van der Waals surface area contributed by atoms with Gasteiger partial charge in [0.25, 0.3) is 0 Å². The van der Waals surface area contributed by atoms with Gasteiger partial charge in [0.1, 0.15) is 6.04 Å². The summed E-state index contributed by atoms with van der Waals surface area (Å²) in [5.74, 6) is -1.78. The molecule has 1 aromatic rings. The first-order valence-corrected chi connectivity index (χ1v) is 10.4. The molecule has 4 atom stereocenters. The molecule has 27 heavy (non-hydrogen) atoms. The Hall–Kier alpha value is -1.51.